The molecule has 1 aromatic heterocycles. The molecule has 1 aromatic rings. The van der Waals surface area contributed by atoms with Gasteiger partial charge in [0.15, 0.2) is 0 Å². The first kappa shape index (κ1) is 15.0. The molecule has 2 fully saturated rings. The van der Waals surface area contributed by atoms with E-state index in [0.717, 1.165) is 37.9 Å². The van der Waals surface area contributed by atoms with Gasteiger partial charge in [-0.3, -0.25) is 9.58 Å². The van der Waals surface area contributed by atoms with Crippen LogP contribution in [0.15, 0.2) is 6.07 Å². The Morgan fingerprint density at radius 1 is 1.29 bits per heavy atom. The van der Waals surface area contributed by atoms with Crippen LogP contribution in [0, 0.1) is 19.8 Å². The molecule has 0 radical (unpaired) electrons. The molecular weight excluding hydrogens is 264 g/mol. The van der Waals surface area contributed by atoms with Crippen molar-refractivity contribution in [2.75, 3.05) is 39.3 Å². The molecule has 1 unspecified atom stereocenters. The Balaban J connectivity index is 1.51. The predicted molar refractivity (Wildman–Crippen MR) is 83.5 cm³/mol. The topological polar surface area (TPSA) is 42.3 Å². The molecule has 3 heterocycles. The number of aryl methyl sites for hydroxylation is 2. The zero-order valence-corrected chi connectivity index (χ0v) is 13.3. The maximum atomic E-state index is 5.95. The number of aromatic nitrogens is 2. The summed E-state index contributed by atoms with van der Waals surface area (Å²) in [5.41, 5.74) is 2.32. The number of nitrogens with one attached hydrogen (secondary N) is 1. The monoisotopic (exact) mass is 292 g/mol. The third-order valence-electron chi connectivity index (χ3n) is 4.68. The van der Waals surface area contributed by atoms with Gasteiger partial charge in [-0.2, -0.15) is 5.10 Å². The van der Waals surface area contributed by atoms with Crippen LogP contribution >= 0.6 is 0 Å². The largest absolute Gasteiger partial charge is 0.374 e. The second-order valence-corrected chi connectivity index (χ2v) is 6.55. The summed E-state index contributed by atoms with van der Waals surface area (Å²) in [6.45, 7) is 11.6. The third-order valence-corrected chi connectivity index (χ3v) is 4.68. The van der Waals surface area contributed by atoms with Gasteiger partial charge in [0.2, 0.25) is 0 Å². The maximum absolute atomic E-state index is 5.95. The average molecular weight is 292 g/mol. The zero-order valence-electron chi connectivity index (χ0n) is 13.3. The number of piperidine rings is 1. The summed E-state index contributed by atoms with van der Waals surface area (Å²) in [6, 6.07) is 2.13. The summed E-state index contributed by atoms with van der Waals surface area (Å²) in [5, 5.41) is 8.00. The van der Waals surface area contributed by atoms with E-state index in [2.05, 4.69) is 39.9 Å². The van der Waals surface area contributed by atoms with Gasteiger partial charge in [0, 0.05) is 25.3 Å². The fraction of sp³-hybridized carbons (Fsp3) is 0.812. The Bertz CT molecular complexity index is 453. The SMILES string of the molecule is Cc1cc(C)n(CC2CN(CC3CCNCC3)CCO2)n1. The van der Waals surface area contributed by atoms with Gasteiger partial charge < -0.3 is 10.1 Å². The van der Waals surface area contributed by atoms with E-state index in [1.165, 1.54) is 38.2 Å². The van der Waals surface area contributed by atoms with E-state index in [-0.39, 0.29) is 6.10 Å². The van der Waals surface area contributed by atoms with Crippen molar-refractivity contribution >= 4 is 0 Å². The lowest BCUT2D eigenvalue weighted by molar-refractivity contribution is -0.0429. The smallest absolute Gasteiger partial charge is 0.0898 e. The third kappa shape index (κ3) is 4.05. The summed E-state index contributed by atoms with van der Waals surface area (Å²) in [5.74, 6) is 0.860. The molecule has 118 valence electrons. The summed E-state index contributed by atoms with van der Waals surface area (Å²) >= 11 is 0. The molecule has 1 atom stereocenters. The fourth-order valence-electron chi connectivity index (χ4n) is 3.54. The van der Waals surface area contributed by atoms with Crippen LogP contribution in [0.1, 0.15) is 24.2 Å². The molecular formula is C16H28N4O. The van der Waals surface area contributed by atoms with Crippen molar-refractivity contribution in [1.29, 1.82) is 0 Å². The van der Waals surface area contributed by atoms with Crippen molar-refractivity contribution in [3.63, 3.8) is 0 Å². The molecule has 0 bridgehead atoms. The normalized spacial score (nSPS) is 25.3. The van der Waals surface area contributed by atoms with Crippen molar-refractivity contribution in [3.05, 3.63) is 17.5 Å². The highest BCUT2D eigenvalue weighted by Gasteiger charge is 2.24. The molecule has 1 N–H and O–H groups in total. The first-order valence-corrected chi connectivity index (χ1v) is 8.26. The fourth-order valence-corrected chi connectivity index (χ4v) is 3.54. The summed E-state index contributed by atoms with van der Waals surface area (Å²) in [7, 11) is 0. The van der Waals surface area contributed by atoms with E-state index in [1.54, 1.807) is 0 Å². The quantitative estimate of drug-likeness (QED) is 0.905. The Labute approximate surface area is 127 Å². The minimum Gasteiger partial charge on any atom is -0.374 e. The van der Waals surface area contributed by atoms with E-state index in [0.29, 0.717) is 0 Å². The average Bonchev–Trinajstić information content (AvgIpc) is 2.78. The van der Waals surface area contributed by atoms with Gasteiger partial charge in [-0.15, -0.1) is 0 Å². The minimum absolute atomic E-state index is 0.276. The number of rotatable bonds is 4. The first-order valence-electron chi connectivity index (χ1n) is 8.26. The van der Waals surface area contributed by atoms with Crippen LogP contribution in [0.3, 0.4) is 0 Å². The van der Waals surface area contributed by atoms with Crippen LogP contribution in [0.4, 0.5) is 0 Å². The van der Waals surface area contributed by atoms with Crippen LogP contribution < -0.4 is 5.32 Å². The highest BCUT2D eigenvalue weighted by atomic mass is 16.5. The molecule has 2 saturated heterocycles. The number of hydrogen-bond acceptors (Lipinski definition) is 4. The first-order chi connectivity index (χ1) is 10.2. The van der Waals surface area contributed by atoms with Crippen LogP contribution in [0.25, 0.3) is 0 Å². The van der Waals surface area contributed by atoms with Crippen molar-refractivity contribution in [3.8, 4) is 0 Å². The Morgan fingerprint density at radius 2 is 2.10 bits per heavy atom. The van der Waals surface area contributed by atoms with E-state index in [9.17, 15) is 0 Å². The number of hydrogen-bond donors (Lipinski definition) is 1. The highest BCUT2D eigenvalue weighted by molar-refractivity contribution is 5.06. The zero-order chi connectivity index (χ0) is 14.7. The van der Waals surface area contributed by atoms with Gasteiger partial charge in [0.05, 0.1) is 24.9 Å². The number of nitrogens with zero attached hydrogens (tertiary/aromatic N) is 3. The van der Waals surface area contributed by atoms with Crippen molar-refractivity contribution in [2.45, 2.75) is 39.3 Å². The molecule has 3 rings (SSSR count). The van der Waals surface area contributed by atoms with E-state index < -0.39 is 0 Å². The number of morpholine rings is 1. The molecule has 5 nitrogen and oxygen atoms in total. The summed E-state index contributed by atoms with van der Waals surface area (Å²) in [6.07, 6.45) is 2.91. The van der Waals surface area contributed by atoms with Crippen LogP contribution in [-0.4, -0.2) is 60.1 Å². The van der Waals surface area contributed by atoms with E-state index in [4.69, 9.17) is 4.74 Å². The van der Waals surface area contributed by atoms with E-state index >= 15 is 0 Å². The predicted octanol–water partition coefficient (Wildman–Crippen LogP) is 1.20. The maximum Gasteiger partial charge on any atom is 0.0898 e. The van der Waals surface area contributed by atoms with Gasteiger partial charge in [-0.1, -0.05) is 0 Å². The molecule has 0 spiro atoms. The highest BCUT2D eigenvalue weighted by Crippen LogP contribution is 2.16. The van der Waals surface area contributed by atoms with Gasteiger partial charge in [-0.05, 0) is 51.8 Å². The van der Waals surface area contributed by atoms with Crippen molar-refractivity contribution in [2.24, 2.45) is 5.92 Å². The lowest BCUT2D eigenvalue weighted by Crippen LogP contribution is -2.47. The summed E-state index contributed by atoms with van der Waals surface area (Å²) in [4.78, 5) is 2.59. The molecule has 0 aromatic carbocycles. The molecule has 2 aliphatic rings. The Morgan fingerprint density at radius 3 is 2.81 bits per heavy atom. The molecule has 0 aliphatic carbocycles. The number of ether oxygens (including phenoxy) is 1. The molecule has 5 heteroatoms. The molecule has 2 aliphatic heterocycles. The van der Waals surface area contributed by atoms with Gasteiger partial charge in [-0.25, -0.2) is 0 Å². The van der Waals surface area contributed by atoms with Crippen LogP contribution in [-0.2, 0) is 11.3 Å². The second kappa shape index (κ2) is 6.90. The lowest BCUT2D eigenvalue weighted by Gasteiger charge is -2.36. The molecule has 0 amide bonds. The summed E-state index contributed by atoms with van der Waals surface area (Å²) < 4.78 is 8.04. The van der Waals surface area contributed by atoms with Crippen LogP contribution in [0.2, 0.25) is 0 Å². The van der Waals surface area contributed by atoms with Crippen molar-refractivity contribution < 1.29 is 4.74 Å². The molecule has 0 saturated carbocycles. The Kier molecular flexibility index (Phi) is 4.93. The van der Waals surface area contributed by atoms with Gasteiger partial charge >= 0.3 is 0 Å². The van der Waals surface area contributed by atoms with Crippen molar-refractivity contribution in [1.82, 2.24) is 20.0 Å². The van der Waals surface area contributed by atoms with Gasteiger partial charge in [0.1, 0.15) is 0 Å². The Hall–Kier alpha value is -0.910. The minimum atomic E-state index is 0.276. The van der Waals surface area contributed by atoms with Crippen LogP contribution in [0.5, 0.6) is 0 Å². The standard InChI is InChI=1S/C16H28N4O/c1-13-9-14(2)20(18-13)12-16-11-19(7-8-21-16)10-15-3-5-17-6-4-15/h9,15-17H,3-8,10-12H2,1-2H3. The molecule has 21 heavy (non-hydrogen) atoms. The van der Waals surface area contributed by atoms with E-state index in [1.807, 2.05) is 0 Å². The second-order valence-electron chi connectivity index (χ2n) is 6.55. The lowest BCUT2D eigenvalue weighted by atomic mass is 9.97. The van der Waals surface area contributed by atoms with Gasteiger partial charge in [0.25, 0.3) is 0 Å².